The summed E-state index contributed by atoms with van der Waals surface area (Å²) in [4.78, 5) is 2.65. The standard InChI is InChI=1S/C14H21N3O2S/c15-13-6-1-2-7-14(13)20(18,19)17-10-8-16(9-11-17)12-4-3-5-12/h1-2,6-7,12H,3-5,8-11,15H2. The van der Waals surface area contributed by atoms with Gasteiger partial charge in [-0.3, -0.25) is 4.90 Å². The van der Waals surface area contributed by atoms with Crippen LogP contribution in [-0.2, 0) is 10.0 Å². The van der Waals surface area contributed by atoms with Crippen molar-refractivity contribution in [2.24, 2.45) is 0 Å². The van der Waals surface area contributed by atoms with Crippen molar-refractivity contribution in [2.45, 2.75) is 30.2 Å². The van der Waals surface area contributed by atoms with E-state index in [1.807, 2.05) is 0 Å². The van der Waals surface area contributed by atoms with Crippen LogP contribution in [-0.4, -0.2) is 49.8 Å². The lowest BCUT2D eigenvalue weighted by atomic mass is 9.91. The Morgan fingerprint density at radius 2 is 1.70 bits per heavy atom. The van der Waals surface area contributed by atoms with Gasteiger partial charge in [-0.1, -0.05) is 18.6 Å². The van der Waals surface area contributed by atoms with Crippen LogP contribution in [0.4, 0.5) is 5.69 Å². The third-order valence-electron chi connectivity index (χ3n) is 4.40. The van der Waals surface area contributed by atoms with Gasteiger partial charge in [-0.15, -0.1) is 0 Å². The number of benzene rings is 1. The number of anilines is 1. The van der Waals surface area contributed by atoms with E-state index in [1.165, 1.54) is 19.3 Å². The van der Waals surface area contributed by atoms with Gasteiger partial charge in [-0.2, -0.15) is 4.31 Å². The fraction of sp³-hybridized carbons (Fsp3) is 0.571. The van der Waals surface area contributed by atoms with E-state index in [9.17, 15) is 8.42 Å². The number of nitrogens with two attached hydrogens (primary N) is 1. The van der Waals surface area contributed by atoms with Crippen LogP contribution in [0, 0.1) is 0 Å². The minimum atomic E-state index is -3.45. The highest BCUT2D eigenvalue weighted by molar-refractivity contribution is 7.89. The van der Waals surface area contributed by atoms with Gasteiger partial charge in [0.15, 0.2) is 0 Å². The first-order chi connectivity index (χ1) is 9.59. The van der Waals surface area contributed by atoms with E-state index in [1.54, 1.807) is 28.6 Å². The summed E-state index contributed by atoms with van der Waals surface area (Å²) < 4.78 is 26.8. The summed E-state index contributed by atoms with van der Waals surface area (Å²) in [7, 11) is -3.45. The van der Waals surface area contributed by atoms with Crippen LogP contribution in [0.25, 0.3) is 0 Å². The molecule has 1 aliphatic heterocycles. The van der Waals surface area contributed by atoms with Gasteiger partial charge in [0.25, 0.3) is 0 Å². The molecule has 0 spiro atoms. The van der Waals surface area contributed by atoms with Crippen LogP contribution >= 0.6 is 0 Å². The molecule has 0 bridgehead atoms. The quantitative estimate of drug-likeness (QED) is 0.849. The Hall–Kier alpha value is -1.11. The Morgan fingerprint density at radius 3 is 2.25 bits per heavy atom. The van der Waals surface area contributed by atoms with E-state index in [0.717, 1.165) is 13.1 Å². The number of piperazine rings is 1. The van der Waals surface area contributed by atoms with Crippen molar-refractivity contribution in [2.75, 3.05) is 31.9 Å². The molecule has 0 unspecified atom stereocenters. The topological polar surface area (TPSA) is 66.6 Å². The molecule has 110 valence electrons. The first-order valence-corrected chi connectivity index (χ1v) is 8.62. The zero-order valence-electron chi connectivity index (χ0n) is 11.5. The Bertz CT molecular complexity index is 576. The summed E-state index contributed by atoms with van der Waals surface area (Å²) in [6.45, 7) is 2.79. The van der Waals surface area contributed by atoms with Gasteiger partial charge in [0.05, 0.1) is 5.69 Å². The van der Waals surface area contributed by atoms with Crippen molar-refractivity contribution < 1.29 is 8.42 Å². The highest BCUT2D eigenvalue weighted by atomic mass is 32.2. The number of rotatable bonds is 3. The highest BCUT2D eigenvalue weighted by Crippen LogP contribution is 2.27. The maximum Gasteiger partial charge on any atom is 0.245 e. The summed E-state index contributed by atoms with van der Waals surface area (Å²) in [6, 6.07) is 7.37. The van der Waals surface area contributed by atoms with E-state index in [0.29, 0.717) is 24.8 Å². The summed E-state index contributed by atoms with van der Waals surface area (Å²) in [5.74, 6) is 0. The molecular formula is C14H21N3O2S. The number of hydrogen-bond donors (Lipinski definition) is 1. The Kier molecular flexibility index (Phi) is 3.70. The second-order valence-corrected chi connectivity index (χ2v) is 7.47. The highest BCUT2D eigenvalue weighted by Gasteiger charge is 2.33. The molecule has 1 saturated heterocycles. The molecule has 2 fully saturated rings. The summed E-state index contributed by atoms with van der Waals surface area (Å²) >= 11 is 0. The van der Waals surface area contributed by atoms with E-state index in [4.69, 9.17) is 5.73 Å². The van der Waals surface area contributed by atoms with Crippen molar-refractivity contribution in [3.8, 4) is 0 Å². The molecular weight excluding hydrogens is 274 g/mol. The molecule has 6 heteroatoms. The molecule has 0 radical (unpaired) electrons. The molecule has 1 aliphatic carbocycles. The monoisotopic (exact) mass is 295 g/mol. The largest absolute Gasteiger partial charge is 0.398 e. The second-order valence-electron chi connectivity index (χ2n) is 5.56. The number of sulfonamides is 1. The predicted molar refractivity (Wildman–Crippen MR) is 78.8 cm³/mol. The summed E-state index contributed by atoms with van der Waals surface area (Å²) in [5.41, 5.74) is 6.13. The number of nitrogen functional groups attached to an aromatic ring is 1. The number of nitrogens with zero attached hydrogens (tertiary/aromatic N) is 2. The van der Waals surface area contributed by atoms with Crippen LogP contribution in [0.5, 0.6) is 0 Å². The van der Waals surface area contributed by atoms with Crippen molar-refractivity contribution in [3.63, 3.8) is 0 Å². The molecule has 0 aromatic heterocycles. The molecule has 3 rings (SSSR count). The average molecular weight is 295 g/mol. The SMILES string of the molecule is Nc1ccccc1S(=O)(=O)N1CCN(C2CCC2)CC1. The summed E-state index contributed by atoms with van der Waals surface area (Å²) in [5, 5.41) is 0. The molecule has 1 aromatic rings. The minimum Gasteiger partial charge on any atom is -0.398 e. The smallest absolute Gasteiger partial charge is 0.245 e. The number of hydrogen-bond acceptors (Lipinski definition) is 4. The van der Waals surface area contributed by atoms with Gasteiger partial charge in [-0.25, -0.2) is 8.42 Å². The van der Waals surface area contributed by atoms with Gasteiger partial charge >= 0.3 is 0 Å². The van der Waals surface area contributed by atoms with Crippen molar-refractivity contribution in [1.82, 2.24) is 9.21 Å². The Labute approximate surface area is 120 Å². The van der Waals surface area contributed by atoms with Gasteiger partial charge in [0, 0.05) is 32.2 Å². The van der Waals surface area contributed by atoms with E-state index in [-0.39, 0.29) is 4.90 Å². The van der Waals surface area contributed by atoms with Gasteiger partial charge < -0.3 is 5.73 Å². The van der Waals surface area contributed by atoms with Crippen molar-refractivity contribution >= 4 is 15.7 Å². The van der Waals surface area contributed by atoms with Crippen molar-refractivity contribution in [1.29, 1.82) is 0 Å². The molecule has 1 saturated carbocycles. The zero-order chi connectivity index (χ0) is 14.2. The van der Waals surface area contributed by atoms with Crippen LogP contribution < -0.4 is 5.73 Å². The molecule has 0 atom stereocenters. The maximum absolute atomic E-state index is 12.6. The van der Waals surface area contributed by atoms with Crippen molar-refractivity contribution in [3.05, 3.63) is 24.3 Å². The van der Waals surface area contributed by atoms with Crippen LogP contribution in [0.3, 0.4) is 0 Å². The van der Waals surface area contributed by atoms with Gasteiger partial charge in [0.1, 0.15) is 4.90 Å². The Balaban J connectivity index is 1.72. The van der Waals surface area contributed by atoms with Crippen LogP contribution in [0.15, 0.2) is 29.2 Å². The minimum absolute atomic E-state index is 0.233. The molecule has 0 amide bonds. The summed E-state index contributed by atoms with van der Waals surface area (Å²) in [6.07, 6.45) is 3.83. The van der Waals surface area contributed by atoms with E-state index >= 15 is 0 Å². The molecule has 20 heavy (non-hydrogen) atoms. The van der Waals surface area contributed by atoms with Crippen LogP contribution in [0.1, 0.15) is 19.3 Å². The predicted octanol–water partition coefficient (Wildman–Crippen LogP) is 1.13. The normalized spacial score (nSPS) is 22.6. The fourth-order valence-corrected chi connectivity index (χ4v) is 4.45. The third-order valence-corrected chi connectivity index (χ3v) is 6.37. The molecule has 2 N–H and O–H groups in total. The molecule has 5 nitrogen and oxygen atoms in total. The first-order valence-electron chi connectivity index (χ1n) is 7.18. The lowest BCUT2D eigenvalue weighted by Gasteiger charge is -2.42. The fourth-order valence-electron chi connectivity index (χ4n) is 2.92. The maximum atomic E-state index is 12.6. The average Bonchev–Trinajstić information content (AvgIpc) is 2.38. The zero-order valence-corrected chi connectivity index (χ0v) is 12.3. The van der Waals surface area contributed by atoms with Gasteiger partial charge in [0.2, 0.25) is 10.0 Å². The van der Waals surface area contributed by atoms with E-state index < -0.39 is 10.0 Å². The third kappa shape index (κ3) is 2.43. The first kappa shape index (κ1) is 13.9. The second kappa shape index (κ2) is 5.35. The van der Waals surface area contributed by atoms with Gasteiger partial charge in [-0.05, 0) is 25.0 Å². The lowest BCUT2D eigenvalue weighted by Crippen LogP contribution is -2.53. The Morgan fingerprint density at radius 1 is 1.05 bits per heavy atom. The van der Waals surface area contributed by atoms with E-state index in [2.05, 4.69) is 4.90 Å². The molecule has 2 aliphatic rings. The number of para-hydroxylation sites is 1. The van der Waals surface area contributed by atoms with Crippen LogP contribution in [0.2, 0.25) is 0 Å². The lowest BCUT2D eigenvalue weighted by molar-refractivity contribution is 0.0889. The molecule has 1 heterocycles. The molecule has 1 aromatic carbocycles.